The first kappa shape index (κ1) is 16.2. The van der Waals surface area contributed by atoms with Crippen LogP contribution in [0.2, 0.25) is 0 Å². The Kier molecular flexibility index (Phi) is 5.96. The van der Waals surface area contributed by atoms with Crippen molar-refractivity contribution in [1.82, 2.24) is 0 Å². The molecule has 0 radical (unpaired) electrons. The third-order valence-corrected chi connectivity index (χ3v) is 4.97. The predicted molar refractivity (Wildman–Crippen MR) is 91.3 cm³/mol. The molecule has 0 saturated heterocycles. The summed E-state index contributed by atoms with van der Waals surface area (Å²) >= 11 is 5.24. The van der Waals surface area contributed by atoms with Gasteiger partial charge in [0.25, 0.3) is 0 Å². The van der Waals surface area contributed by atoms with E-state index in [1.165, 1.54) is 4.90 Å². The second-order valence-corrected chi connectivity index (χ2v) is 6.32. The molecule has 0 fully saturated rings. The number of hydrogen-bond donors (Lipinski definition) is 1. The highest BCUT2D eigenvalue weighted by atomic mass is 79.9. The summed E-state index contributed by atoms with van der Waals surface area (Å²) in [6.45, 7) is 0. The van der Waals surface area contributed by atoms with Crippen LogP contribution in [-0.2, 0) is 0 Å². The summed E-state index contributed by atoms with van der Waals surface area (Å²) < 4.78 is 11.6. The lowest BCUT2D eigenvalue weighted by molar-refractivity contribution is 0.384. The number of methoxy groups -OCH3 is 2. The fourth-order valence-electron chi connectivity index (χ4n) is 2.00. The van der Waals surface area contributed by atoms with E-state index < -0.39 is 0 Å². The van der Waals surface area contributed by atoms with Gasteiger partial charge in [-0.25, -0.2) is 0 Å². The molecule has 0 aliphatic heterocycles. The zero-order valence-corrected chi connectivity index (χ0v) is 14.4. The summed E-state index contributed by atoms with van der Waals surface area (Å²) in [7, 11) is 3.27. The monoisotopic (exact) mass is 367 g/mol. The van der Waals surface area contributed by atoms with E-state index in [0.29, 0.717) is 0 Å². The van der Waals surface area contributed by atoms with Gasteiger partial charge >= 0.3 is 0 Å². The lowest BCUT2D eigenvalue weighted by Gasteiger charge is -2.18. The van der Waals surface area contributed by atoms with E-state index in [-0.39, 0.29) is 6.04 Å². The maximum absolute atomic E-state index is 6.32. The van der Waals surface area contributed by atoms with Gasteiger partial charge < -0.3 is 15.2 Å². The summed E-state index contributed by atoms with van der Waals surface area (Å²) in [5.41, 5.74) is 7.28. The molecule has 0 bridgehead atoms. The van der Waals surface area contributed by atoms with Crippen molar-refractivity contribution in [3.63, 3.8) is 0 Å². The van der Waals surface area contributed by atoms with Crippen LogP contribution in [-0.4, -0.2) is 20.0 Å². The van der Waals surface area contributed by atoms with Crippen molar-refractivity contribution in [2.24, 2.45) is 5.73 Å². The average Bonchev–Trinajstić information content (AvgIpc) is 2.53. The fourth-order valence-corrected chi connectivity index (χ4v) is 3.59. The average molecular weight is 368 g/mol. The summed E-state index contributed by atoms with van der Waals surface area (Å²) in [6.07, 6.45) is 0. The smallest absolute Gasteiger partial charge is 0.141 e. The first-order valence-electron chi connectivity index (χ1n) is 6.51. The van der Waals surface area contributed by atoms with E-state index in [2.05, 4.69) is 28.1 Å². The molecule has 0 saturated carbocycles. The van der Waals surface area contributed by atoms with Gasteiger partial charge in [0, 0.05) is 22.3 Å². The molecule has 21 heavy (non-hydrogen) atoms. The molecule has 2 N–H and O–H groups in total. The lowest BCUT2D eigenvalue weighted by atomic mass is 10.1. The molecule has 5 heteroatoms. The Morgan fingerprint density at radius 1 is 1.10 bits per heavy atom. The third kappa shape index (κ3) is 3.93. The molecule has 112 valence electrons. The third-order valence-electron chi connectivity index (χ3n) is 3.09. The lowest BCUT2D eigenvalue weighted by Crippen LogP contribution is -2.14. The minimum absolute atomic E-state index is 0.118. The van der Waals surface area contributed by atoms with Gasteiger partial charge in [-0.1, -0.05) is 18.2 Å². The van der Waals surface area contributed by atoms with E-state index in [9.17, 15) is 0 Å². The number of nitrogens with two attached hydrogens (primary N) is 1. The van der Waals surface area contributed by atoms with Gasteiger partial charge in [-0.05, 0) is 40.2 Å². The van der Waals surface area contributed by atoms with Gasteiger partial charge in [-0.3, -0.25) is 0 Å². The van der Waals surface area contributed by atoms with Crippen molar-refractivity contribution in [2.75, 3.05) is 20.0 Å². The molecule has 1 atom stereocenters. The topological polar surface area (TPSA) is 44.5 Å². The van der Waals surface area contributed by atoms with Crippen molar-refractivity contribution in [3.8, 4) is 11.5 Å². The number of ether oxygens (including phenoxy) is 2. The zero-order valence-electron chi connectivity index (χ0n) is 12.0. The van der Waals surface area contributed by atoms with E-state index in [1.807, 2.05) is 30.3 Å². The van der Waals surface area contributed by atoms with E-state index in [4.69, 9.17) is 15.2 Å². The Morgan fingerprint density at radius 2 is 1.81 bits per heavy atom. The Labute approximate surface area is 138 Å². The summed E-state index contributed by atoms with van der Waals surface area (Å²) in [5, 5.41) is 0. The number of hydrogen-bond acceptors (Lipinski definition) is 4. The molecule has 0 aromatic heterocycles. The minimum atomic E-state index is -0.118. The number of rotatable bonds is 6. The number of thioether (sulfide) groups is 1. The molecule has 1 unspecified atom stereocenters. The van der Waals surface area contributed by atoms with Crippen molar-refractivity contribution < 1.29 is 9.47 Å². The number of halogens is 1. The molecular weight excluding hydrogens is 350 g/mol. The highest BCUT2D eigenvalue weighted by Gasteiger charge is 2.17. The summed E-state index contributed by atoms with van der Waals surface area (Å²) in [5.74, 6) is 2.24. The van der Waals surface area contributed by atoms with Gasteiger partial charge in [0.2, 0.25) is 0 Å². The quantitative estimate of drug-likeness (QED) is 0.774. The molecule has 0 spiro atoms. The molecule has 2 aromatic carbocycles. The molecule has 2 rings (SSSR count). The van der Waals surface area contributed by atoms with Crippen LogP contribution in [0.4, 0.5) is 0 Å². The standard InChI is InChI=1S/C16H18BrNO2S/c1-19-14-9-8-12(16(20-2)15(14)17)13(18)10-21-11-6-4-3-5-7-11/h3-9,13H,10,18H2,1-2H3. The van der Waals surface area contributed by atoms with Gasteiger partial charge in [0.1, 0.15) is 16.0 Å². The first-order chi connectivity index (χ1) is 10.2. The maximum atomic E-state index is 6.32. The Hall–Kier alpha value is -1.17. The van der Waals surface area contributed by atoms with Crippen molar-refractivity contribution in [2.45, 2.75) is 10.9 Å². The van der Waals surface area contributed by atoms with Crippen LogP contribution in [0.15, 0.2) is 51.8 Å². The molecule has 0 aliphatic rings. The Bertz CT molecular complexity index is 592. The maximum Gasteiger partial charge on any atom is 0.141 e. The fraction of sp³-hybridized carbons (Fsp3) is 0.250. The summed E-state index contributed by atoms with van der Waals surface area (Å²) in [4.78, 5) is 1.21. The van der Waals surface area contributed by atoms with Crippen LogP contribution >= 0.6 is 27.7 Å². The SMILES string of the molecule is COc1ccc(C(N)CSc2ccccc2)c(OC)c1Br. The van der Waals surface area contributed by atoms with E-state index in [0.717, 1.165) is 27.3 Å². The normalized spacial score (nSPS) is 12.0. The van der Waals surface area contributed by atoms with Gasteiger partial charge in [-0.2, -0.15) is 0 Å². The van der Waals surface area contributed by atoms with Gasteiger partial charge in [0.15, 0.2) is 0 Å². The second kappa shape index (κ2) is 7.73. The van der Waals surface area contributed by atoms with E-state index in [1.54, 1.807) is 26.0 Å². The molecule has 3 nitrogen and oxygen atoms in total. The van der Waals surface area contributed by atoms with Crippen molar-refractivity contribution >= 4 is 27.7 Å². The molecule has 0 aliphatic carbocycles. The van der Waals surface area contributed by atoms with Crippen molar-refractivity contribution in [3.05, 3.63) is 52.5 Å². The highest BCUT2D eigenvalue weighted by Crippen LogP contribution is 2.40. The van der Waals surface area contributed by atoms with Gasteiger partial charge in [-0.15, -0.1) is 11.8 Å². The second-order valence-electron chi connectivity index (χ2n) is 4.43. The largest absolute Gasteiger partial charge is 0.495 e. The summed E-state index contributed by atoms with van der Waals surface area (Å²) in [6, 6.07) is 14.0. The molecule has 0 heterocycles. The minimum Gasteiger partial charge on any atom is -0.495 e. The van der Waals surface area contributed by atoms with Crippen molar-refractivity contribution in [1.29, 1.82) is 0 Å². The zero-order chi connectivity index (χ0) is 15.2. The first-order valence-corrected chi connectivity index (χ1v) is 8.29. The van der Waals surface area contributed by atoms with E-state index >= 15 is 0 Å². The predicted octanol–water partition coefficient (Wildman–Crippen LogP) is 4.26. The molecule has 2 aromatic rings. The van der Waals surface area contributed by atoms with Crippen LogP contribution in [0.25, 0.3) is 0 Å². The number of benzene rings is 2. The Morgan fingerprint density at radius 3 is 2.43 bits per heavy atom. The van der Waals surface area contributed by atoms with Gasteiger partial charge in [0.05, 0.1) is 14.2 Å². The molecular formula is C16H18BrNO2S. The Balaban J connectivity index is 2.15. The highest BCUT2D eigenvalue weighted by molar-refractivity contribution is 9.10. The molecule has 0 amide bonds. The van der Waals surface area contributed by atoms with Crippen LogP contribution in [0.3, 0.4) is 0 Å². The van der Waals surface area contributed by atoms with Crippen LogP contribution in [0, 0.1) is 0 Å². The van der Waals surface area contributed by atoms with Crippen LogP contribution < -0.4 is 15.2 Å². The van der Waals surface area contributed by atoms with Crippen LogP contribution in [0.5, 0.6) is 11.5 Å². The van der Waals surface area contributed by atoms with Crippen LogP contribution in [0.1, 0.15) is 11.6 Å².